The fraction of sp³-hybridized carbons (Fsp3) is 0.176. The minimum absolute atomic E-state index is 0.105. The van der Waals surface area contributed by atoms with Gasteiger partial charge in [-0.25, -0.2) is 13.7 Å². The Labute approximate surface area is 151 Å². The highest BCUT2D eigenvalue weighted by Gasteiger charge is 2.54. The number of nitrogens with zero attached hydrogens (tertiary/aromatic N) is 4. The van der Waals surface area contributed by atoms with Crippen molar-refractivity contribution in [2.24, 2.45) is 10.3 Å². The summed E-state index contributed by atoms with van der Waals surface area (Å²) >= 11 is 6.02. The first kappa shape index (κ1) is 16.6. The van der Waals surface area contributed by atoms with Gasteiger partial charge in [0.25, 0.3) is 11.8 Å². The van der Waals surface area contributed by atoms with Crippen LogP contribution in [0.4, 0.5) is 14.5 Å². The first-order chi connectivity index (χ1) is 12.5. The van der Waals surface area contributed by atoms with E-state index in [0.717, 1.165) is 17.0 Å². The molecular formula is C17H11ClF2N4O2. The van der Waals surface area contributed by atoms with Gasteiger partial charge >= 0.3 is 0 Å². The number of benzene rings is 2. The van der Waals surface area contributed by atoms with Gasteiger partial charge in [-0.1, -0.05) is 22.9 Å². The zero-order chi connectivity index (χ0) is 18.4. The largest absolute Gasteiger partial charge is 0.271 e. The van der Waals surface area contributed by atoms with E-state index >= 15 is 0 Å². The van der Waals surface area contributed by atoms with Crippen LogP contribution < -0.4 is 4.90 Å². The lowest BCUT2D eigenvalue weighted by Crippen LogP contribution is -2.39. The van der Waals surface area contributed by atoms with Gasteiger partial charge in [0.15, 0.2) is 12.1 Å². The second kappa shape index (κ2) is 6.14. The number of imide groups is 1. The van der Waals surface area contributed by atoms with Crippen LogP contribution in [-0.4, -0.2) is 28.9 Å². The normalized spacial score (nSPS) is 21.7. The molecule has 0 radical (unpaired) electrons. The zero-order valence-electron chi connectivity index (χ0n) is 13.1. The molecule has 2 amide bonds. The van der Waals surface area contributed by atoms with E-state index in [9.17, 15) is 18.4 Å². The summed E-state index contributed by atoms with van der Waals surface area (Å²) in [5, 5.41) is 9.14. The van der Waals surface area contributed by atoms with Crippen LogP contribution in [0.15, 0.2) is 52.8 Å². The van der Waals surface area contributed by atoms with E-state index in [4.69, 9.17) is 11.6 Å². The average molecular weight is 377 g/mol. The Morgan fingerprint density at radius 2 is 1.77 bits per heavy atom. The lowest BCUT2D eigenvalue weighted by atomic mass is 10.1. The van der Waals surface area contributed by atoms with Gasteiger partial charge in [-0.15, -0.1) is 0 Å². The molecule has 0 saturated carbocycles. The predicted molar refractivity (Wildman–Crippen MR) is 88.3 cm³/mol. The van der Waals surface area contributed by atoms with Crippen molar-refractivity contribution in [2.45, 2.75) is 18.6 Å². The highest BCUT2D eigenvalue weighted by atomic mass is 35.5. The number of carbonyl (C=O) groups excluding carboxylic acids is 2. The number of rotatable bonds is 3. The lowest BCUT2D eigenvalue weighted by molar-refractivity contribution is -0.123. The van der Waals surface area contributed by atoms with Crippen LogP contribution in [-0.2, 0) is 16.1 Å². The van der Waals surface area contributed by atoms with Crippen LogP contribution >= 0.6 is 11.6 Å². The first-order valence-corrected chi connectivity index (χ1v) is 8.09. The number of halogens is 3. The number of hydrogen-bond donors (Lipinski definition) is 0. The van der Waals surface area contributed by atoms with E-state index in [1.54, 1.807) is 0 Å². The van der Waals surface area contributed by atoms with Crippen molar-refractivity contribution in [3.05, 3.63) is 64.7 Å². The first-order valence-electron chi connectivity index (χ1n) is 7.71. The van der Waals surface area contributed by atoms with E-state index in [0.29, 0.717) is 0 Å². The Kier molecular flexibility index (Phi) is 3.91. The van der Waals surface area contributed by atoms with Crippen molar-refractivity contribution in [1.29, 1.82) is 0 Å². The van der Waals surface area contributed by atoms with Crippen LogP contribution in [0.3, 0.4) is 0 Å². The van der Waals surface area contributed by atoms with Crippen molar-refractivity contribution in [2.75, 3.05) is 4.90 Å². The fourth-order valence-electron chi connectivity index (χ4n) is 3.04. The molecule has 0 aromatic heterocycles. The summed E-state index contributed by atoms with van der Waals surface area (Å²) in [7, 11) is 0. The second-order valence-electron chi connectivity index (χ2n) is 5.88. The van der Waals surface area contributed by atoms with Crippen molar-refractivity contribution in [3.63, 3.8) is 0 Å². The molecule has 2 heterocycles. The molecule has 0 unspecified atom stereocenters. The highest BCUT2D eigenvalue weighted by Crippen LogP contribution is 2.34. The van der Waals surface area contributed by atoms with Gasteiger partial charge in [-0.3, -0.25) is 14.6 Å². The number of anilines is 1. The number of carbonyl (C=O) groups is 2. The van der Waals surface area contributed by atoms with Crippen molar-refractivity contribution >= 4 is 29.1 Å². The van der Waals surface area contributed by atoms with Crippen molar-refractivity contribution in [1.82, 2.24) is 5.01 Å². The number of fused-ring (bicyclic) bond motifs is 1. The molecule has 1 fully saturated rings. The maximum atomic E-state index is 14.0. The smallest absolute Gasteiger partial charge is 0.263 e. The topological polar surface area (TPSA) is 65.3 Å². The van der Waals surface area contributed by atoms with E-state index in [-0.39, 0.29) is 22.8 Å². The monoisotopic (exact) mass is 376 g/mol. The molecule has 2 aliphatic heterocycles. The van der Waals surface area contributed by atoms with Gasteiger partial charge in [0, 0.05) is 10.6 Å². The van der Waals surface area contributed by atoms with Gasteiger partial charge in [0.1, 0.15) is 11.6 Å². The molecule has 4 rings (SSSR count). The van der Waals surface area contributed by atoms with Gasteiger partial charge < -0.3 is 0 Å². The standard InChI is InChI=1S/C17H11ClF2N4O2/c18-12-2-1-3-13(20)11(12)8-23-15-14(21-22-23)16(25)24(17(15)26)10-6-4-9(19)5-7-10/h1-7,14-15H,8H2/t14-,15+/m0/s1. The zero-order valence-corrected chi connectivity index (χ0v) is 13.9. The maximum absolute atomic E-state index is 14.0. The molecule has 0 aliphatic carbocycles. The molecule has 0 spiro atoms. The molecule has 2 aromatic rings. The Morgan fingerprint density at radius 1 is 1.04 bits per heavy atom. The Hall–Kier alpha value is -2.87. The van der Waals surface area contributed by atoms with Crippen molar-refractivity contribution in [3.8, 4) is 0 Å². The van der Waals surface area contributed by atoms with Crippen LogP contribution in [0.25, 0.3) is 0 Å². The van der Waals surface area contributed by atoms with E-state index in [1.165, 1.54) is 35.3 Å². The summed E-state index contributed by atoms with van der Waals surface area (Å²) in [6.07, 6.45) is 0. The maximum Gasteiger partial charge on any atom is 0.263 e. The van der Waals surface area contributed by atoms with E-state index < -0.39 is 35.5 Å². The van der Waals surface area contributed by atoms with Crippen LogP contribution in [0, 0.1) is 11.6 Å². The summed E-state index contributed by atoms with van der Waals surface area (Å²) in [5.74, 6) is -2.13. The molecule has 2 atom stereocenters. The molecule has 26 heavy (non-hydrogen) atoms. The van der Waals surface area contributed by atoms with Gasteiger partial charge in [-0.05, 0) is 36.4 Å². The third-order valence-corrected chi connectivity index (χ3v) is 4.68. The van der Waals surface area contributed by atoms with E-state index in [2.05, 4.69) is 10.3 Å². The molecule has 2 aromatic carbocycles. The summed E-state index contributed by atoms with van der Waals surface area (Å²) in [6.45, 7) is -0.105. The molecule has 0 bridgehead atoms. The third-order valence-electron chi connectivity index (χ3n) is 4.32. The lowest BCUT2D eigenvalue weighted by Gasteiger charge is -2.21. The number of hydrogen-bond acceptors (Lipinski definition) is 5. The van der Waals surface area contributed by atoms with Crippen LogP contribution in [0.5, 0.6) is 0 Å². The van der Waals surface area contributed by atoms with Gasteiger partial charge in [0.05, 0.1) is 12.2 Å². The molecule has 2 aliphatic rings. The molecular weight excluding hydrogens is 366 g/mol. The molecule has 132 valence electrons. The minimum atomic E-state index is -1.02. The summed E-state index contributed by atoms with van der Waals surface area (Å²) in [5.41, 5.74) is 0.407. The van der Waals surface area contributed by atoms with E-state index in [1.807, 2.05) is 0 Å². The summed E-state index contributed by atoms with van der Waals surface area (Å²) in [6, 6.07) is 7.22. The van der Waals surface area contributed by atoms with Crippen molar-refractivity contribution < 1.29 is 18.4 Å². The highest BCUT2D eigenvalue weighted by molar-refractivity contribution is 6.31. The SMILES string of the molecule is O=C1[C@H]2N=NN(Cc3c(F)cccc3Cl)[C@H]2C(=O)N1c1ccc(F)cc1. The number of amides is 2. The molecule has 0 N–H and O–H groups in total. The fourth-order valence-corrected chi connectivity index (χ4v) is 3.27. The average Bonchev–Trinajstić information content (AvgIpc) is 3.13. The Morgan fingerprint density at radius 3 is 2.46 bits per heavy atom. The quantitative estimate of drug-likeness (QED) is 0.773. The summed E-state index contributed by atoms with van der Waals surface area (Å²) in [4.78, 5) is 26.3. The van der Waals surface area contributed by atoms with Gasteiger partial charge in [0.2, 0.25) is 0 Å². The minimum Gasteiger partial charge on any atom is -0.271 e. The van der Waals surface area contributed by atoms with Crippen LogP contribution in [0.2, 0.25) is 5.02 Å². The third kappa shape index (κ3) is 2.53. The molecule has 9 heteroatoms. The predicted octanol–water partition coefficient (Wildman–Crippen LogP) is 3.11. The summed E-state index contributed by atoms with van der Waals surface area (Å²) < 4.78 is 27.1. The van der Waals surface area contributed by atoms with Gasteiger partial charge in [-0.2, -0.15) is 5.11 Å². The second-order valence-corrected chi connectivity index (χ2v) is 6.29. The Balaban J connectivity index is 1.63. The van der Waals surface area contributed by atoms with Crippen LogP contribution in [0.1, 0.15) is 5.56 Å². The molecule has 1 saturated heterocycles. The Bertz CT molecular complexity index is 915. The molecule has 6 nitrogen and oxygen atoms in total.